The Labute approximate surface area is 151 Å². The SMILES string of the molecule is Cc1cc(C(C)(C)C)cc(C)c1COC(=O)c1cc(Br)ccc1O. The summed E-state index contributed by atoms with van der Waals surface area (Å²) in [6.07, 6.45) is 0. The summed E-state index contributed by atoms with van der Waals surface area (Å²) in [4.78, 5) is 12.2. The maximum Gasteiger partial charge on any atom is 0.342 e. The molecule has 0 amide bonds. The van der Waals surface area contributed by atoms with Gasteiger partial charge in [0.1, 0.15) is 17.9 Å². The number of ether oxygens (including phenoxy) is 1. The van der Waals surface area contributed by atoms with Crippen LogP contribution in [0.4, 0.5) is 0 Å². The number of rotatable bonds is 3. The van der Waals surface area contributed by atoms with Crippen LogP contribution in [-0.4, -0.2) is 11.1 Å². The standard InChI is InChI=1S/C20H23BrO3/c1-12-8-14(20(3,4)5)9-13(2)17(12)11-24-19(23)16-10-15(21)6-7-18(16)22/h6-10,22H,11H2,1-5H3. The maximum atomic E-state index is 12.2. The van der Waals surface area contributed by atoms with E-state index in [1.54, 1.807) is 12.1 Å². The van der Waals surface area contributed by atoms with E-state index in [4.69, 9.17) is 4.74 Å². The molecule has 0 fully saturated rings. The molecule has 0 aliphatic heterocycles. The minimum atomic E-state index is -0.535. The molecule has 4 heteroatoms. The number of aryl methyl sites for hydroxylation is 2. The number of aromatic hydroxyl groups is 1. The van der Waals surface area contributed by atoms with E-state index in [0.717, 1.165) is 16.7 Å². The van der Waals surface area contributed by atoms with Gasteiger partial charge in [-0.2, -0.15) is 0 Å². The number of hydrogen-bond donors (Lipinski definition) is 1. The highest BCUT2D eigenvalue weighted by molar-refractivity contribution is 9.10. The lowest BCUT2D eigenvalue weighted by atomic mass is 9.84. The number of hydrogen-bond acceptors (Lipinski definition) is 3. The number of carbonyl (C=O) groups is 1. The van der Waals surface area contributed by atoms with Crippen molar-refractivity contribution in [1.29, 1.82) is 0 Å². The Morgan fingerprint density at radius 1 is 1.12 bits per heavy atom. The molecule has 3 nitrogen and oxygen atoms in total. The lowest BCUT2D eigenvalue weighted by Gasteiger charge is -2.22. The van der Waals surface area contributed by atoms with Gasteiger partial charge in [0.15, 0.2) is 0 Å². The summed E-state index contributed by atoms with van der Waals surface area (Å²) in [5.41, 5.74) is 4.71. The molecule has 0 aliphatic carbocycles. The smallest absolute Gasteiger partial charge is 0.342 e. The second-order valence-corrected chi connectivity index (χ2v) is 7.99. The lowest BCUT2D eigenvalue weighted by molar-refractivity contribution is 0.0468. The van der Waals surface area contributed by atoms with Crippen LogP contribution in [0.3, 0.4) is 0 Å². The van der Waals surface area contributed by atoms with Crippen molar-refractivity contribution < 1.29 is 14.6 Å². The van der Waals surface area contributed by atoms with Crippen molar-refractivity contribution in [3.63, 3.8) is 0 Å². The molecule has 24 heavy (non-hydrogen) atoms. The lowest BCUT2D eigenvalue weighted by Crippen LogP contribution is -2.13. The first-order chi connectivity index (χ1) is 11.1. The van der Waals surface area contributed by atoms with Crippen LogP contribution in [0.25, 0.3) is 0 Å². The fourth-order valence-corrected chi connectivity index (χ4v) is 2.90. The molecular formula is C20H23BrO3. The Kier molecular flexibility index (Phi) is 5.38. The average molecular weight is 391 g/mol. The number of phenolic OH excluding ortho intramolecular Hbond substituents is 1. The van der Waals surface area contributed by atoms with Gasteiger partial charge in [0.05, 0.1) is 0 Å². The van der Waals surface area contributed by atoms with Gasteiger partial charge in [0.2, 0.25) is 0 Å². The van der Waals surface area contributed by atoms with Gasteiger partial charge in [0.25, 0.3) is 0 Å². The van der Waals surface area contributed by atoms with E-state index in [9.17, 15) is 9.90 Å². The average Bonchev–Trinajstić information content (AvgIpc) is 2.47. The first-order valence-corrected chi connectivity index (χ1v) is 8.65. The number of benzene rings is 2. The predicted octanol–water partition coefficient (Wildman–Crippen LogP) is 5.43. The molecule has 0 saturated carbocycles. The summed E-state index contributed by atoms with van der Waals surface area (Å²) in [6, 6.07) is 8.99. The molecule has 0 spiro atoms. The summed E-state index contributed by atoms with van der Waals surface area (Å²) >= 11 is 3.29. The zero-order valence-electron chi connectivity index (χ0n) is 14.7. The molecule has 0 unspecified atom stereocenters. The summed E-state index contributed by atoms with van der Waals surface area (Å²) in [6.45, 7) is 10.8. The molecule has 128 valence electrons. The van der Waals surface area contributed by atoms with Crippen LogP contribution < -0.4 is 0 Å². The van der Waals surface area contributed by atoms with Crippen LogP contribution in [0.1, 0.15) is 53.4 Å². The monoisotopic (exact) mass is 390 g/mol. The van der Waals surface area contributed by atoms with Crippen LogP contribution in [0.2, 0.25) is 0 Å². The Balaban J connectivity index is 2.20. The Morgan fingerprint density at radius 2 is 1.71 bits per heavy atom. The number of esters is 1. The molecule has 1 N–H and O–H groups in total. The third-order valence-corrected chi connectivity index (χ3v) is 4.58. The second kappa shape index (κ2) is 6.98. The van der Waals surface area contributed by atoms with Gasteiger partial charge in [-0.3, -0.25) is 0 Å². The molecule has 0 bridgehead atoms. The third-order valence-electron chi connectivity index (χ3n) is 4.09. The largest absolute Gasteiger partial charge is 0.507 e. The summed E-state index contributed by atoms with van der Waals surface area (Å²) < 4.78 is 6.13. The third kappa shape index (κ3) is 4.18. The van der Waals surface area contributed by atoms with Crippen molar-refractivity contribution in [1.82, 2.24) is 0 Å². The van der Waals surface area contributed by atoms with Gasteiger partial charge in [-0.1, -0.05) is 48.8 Å². The molecule has 2 aromatic rings. The van der Waals surface area contributed by atoms with E-state index < -0.39 is 5.97 Å². The highest BCUT2D eigenvalue weighted by Gasteiger charge is 2.18. The van der Waals surface area contributed by atoms with Crippen LogP contribution in [0.5, 0.6) is 5.75 Å². The van der Waals surface area contributed by atoms with Crippen molar-refractivity contribution in [2.45, 2.75) is 46.6 Å². The zero-order chi connectivity index (χ0) is 18.1. The molecule has 0 aromatic heterocycles. The Morgan fingerprint density at radius 3 is 2.25 bits per heavy atom. The fourth-order valence-electron chi connectivity index (χ4n) is 2.54. The molecule has 0 aliphatic rings. The topological polar surface area (TPSA) is 46.5 Å². The highest BCUT2D eigenvalue weighted by atomic mass is 79.9. The highest BCUT2D eigenvalue weighted by Crippen LogP contribution is 2.28. The number of halogens is 1. The molecule has 0 heterocycles. The minimum Gasteiger partial charge on any atom is -0.507 e. The van der Waals surface area contributed by atoms with Gasteiger partial charge in [-0.05, 0) is 59.7 Å². The van der Waals surface area contributed by atoms with Gasteiger partial charge in [-0.25, -0.2) is 4.79 Å². The van der Waals surface area contributed by atoms with E-state index >= 15 is 0 Å². The Bertz CT molecular complexity index is 750. The van der Waals surface area contributed by atoms with Crippen molar-refractivity contribution in [3.05, 3.63) is 62.6 Å². The van der Waals surface area contributed by atoms with Crippen molar-refractivity contribution in [3.8, 4) is 5.75 Å². The fraction of sp³-hybridized carbons (Fsp3) is 0.350. The molecule has 0 atom stereocenters. The van der Waals surface area contributed by atoms with Gasteiger partial charge in [0, 0.05) is 4.47 Å². The summed E-state index contributed by atoms with van der Waals surface area (Å²) in [5.74, 6) is -0.618. The zero-order valence-corrected chi connectivity index (χ0v) is 16.3. The van der Waals surface area contributed by atoms with Gasteiger partial charge in [-0.15, -0.1) is 0 Å². The van der Waals surface area contributed by atoms with Crippen LogP contribution in [0, 0.1) is 13.8 Å². The van der Waals surface area contributed by atoms with Crippen molar-refractivity contribution >= 4 is 21.9 Å². The molecule has 0 saturated heterocycles. The predicted molar refractivity (Wildman–Crippen MR) is 99.5 cm³/mol. The molecule has 2 aromatic carbocycles. The molecule has 0 radical (unpaired) electrons. The van der Waals surface area contributed by atoms with Crippen LogP contribution in [-0.2, 0) is 16.8 Å². The second-order valence-electron chi connectivity index (χ2n) is 7.08. The first-order valence-electron chi connectivity index (χ1n) is 7.86. The van der Waals surface area contributed by atoms with Crippen LogP contribution in [0.15, 0.2) is 34.8 Å². The molecular weight excluding hydrogens is 368 g/mol. The van der Waals surface area contributed by atoms with E-state index in [1.165, 1.54) is 11.6 Å². The van der Waals surface area contributed by atoms with Gasteiger partial charge >= 0.3 is 5.97 Å². The summed E-state index contributed by atoms with van der Waals surface area (Å²) in [7, 11) is 0. The quantitative estimate of drug-likeness (QED) is 0.710. The maximum absolute atomic E-state index is 12.2. The number of phenols is 1. The van der Waals surface area contributed by atoms with E-state index in [1.807, 2.05) is 13.8 Å². The normalized spacial score (nSPS) is 11.4. The van der Waals surface area contributed by atoms with E-state index in [0.29, 0.717) is 4.47 Å². The summed E-state index contributed by atoms with van der Waals surface area (Å²) in [5, 5.41) is 9.82. The molecule has 2 rings (SSSR count). The van der Waals surface area contributed by atoms with E-state index in [-0.39, 0.29) is 23.3 Å². The first kappa shape index (κ1) is 18.5. The van der Waals surface area contributed by atoms with Crippen LogP contribution >= 0.6 is 15.9 Å². The number of carbonyl (C=O) groups excluding carboxylic acids is 1. The van der Waals surface area contributed by atoms with Gasteiger partial charge < -0.3 is 9.84 Å². The van der Waals surface area contributed by atoms with Crippen molar-refractivity contribution in [2.24, 2.45) is 0 Å². The minimum absolute atomic E-state index is 0.0762. The van der Waals surface area contributed by atoms with E-state index in [2.05, 4.69) is 48.8 Å². The Hall–Kier alpha value is -1.81. The van der Waals surface area contributed by atoms with Crippen molar-refractivity contribution in [2.75, 3.05) is 0 Å².